The van der Waals surface area contributed by atoms with Gasteiger partial charge in [-0.3, -0.25) is 4.79 Å². The molecule has 2 unspecified atom stereocenters. The summed E-state index contributed by atoms with van der Waals surface area (Å²) >= 11 is 0. The number of allylic oxidation sites excluding steroid dienone is 2. The number of ether oxygens (including phenoxy) is 3. The quantitative estimate of drug-likeness (QED) is 0.612. The van der Waals surface area contributed by atoms with Crippen LogP contribution in [0.15, 0.2) is 48.6 Å². The molecule has 0 spiro atoms. The van der Waals surface area contributed by atoms with Crippen molar-refractivity contribution in [3.63, 3.8) is 0 Å². The third kappa shape index (κ3) is 2.87. The van der Waals surface area contributed by atoms with Crippen LogP contribution in [0.2, 0.25) is 0 Å². The summed E-state index contributed by atoms with van der Waals surface area (Å²) < 4.78 is 15.8. The predicted octanol–water partition coefficient (Wildman–Crippen LogP) is 1.93. The molecule has 110 valence electrons. The fourth-order valence-corrected chi connectivity index (χ4v) is 2.07. The van der Waals surface area contributed by atoms with Gasteiger partial charge in [-0.1, -0.05) is 24.3 Å². The van der Waals surface area contributed by atoms with E-state index in [0.29, 0.717) is 17.6 Å². The van der Waals surface area contributed by atoms with E-state index >= 15 is 0 Å². The molecule has 2 atom stereocenters. The van der Waals surface area contributed by atoms with Gasteiger partial charge in [-0.05, 0) is 24.3 Å². The standard InChI is InChI=1S/C16H16O5/c1-19-15(18)12-7-3-4-8-13(12)21-14-9-5-6-10-16(14,11-17)20-2/h3-11,14H,1-2H3. The minimum absolute atomic E-state index is 0.291. The van der Waals surface area contributed by atoms with Crippen LogP contribution in [-0.4, -0.2) is 38.2 Å². The molecule has 0 amide bonds. The molecular formula is C16H16O5. The van der Waals surface area contributed by atoms with E-state index < -0.39 is 17.7 Å². The highest BCUT2D eigenvalue weighted by Gasteiger charge is 2.38. The monoisotopic (exact) mass is 288 g/mol. The Kier molecular flexibility index (Phi) is 4.55. The molecule has 21 heavy (non-hydrogen) atoms. The molecule has 1 aromatic rings. The molecule has 1 aromatic carbocycles. The van der Waals surface area contributed by atoms with Gasteiger partial charge in [0, 0.05) is 7.11 Å². The second kappa shape index (κ2) is 6.37. The van der Waals surface area contributed by atoms with Crippen molar-refractivity contribution in [3.8, 4) is 5.75 Å². The number of methoxy groups -OCH3 is 2. The zero-order valence-electron chi connectivity index (χ0n) is 11.8. The van der Waals surface area contributed by atoms with Crippen molar-refractivity contribution in [2.24, 2.45) is 0 Å². The first-order valence-electron chi connectivity index (χ1n) is 6.38. The van der Waals surface area contributed by atoms with Crippen molar-refractivity contribution in [2.45, 2.75) is 11.7 Å². The van der Waals surface area contributed by atoms with E-state index in [2.05, 4.69) is 0 Å². The Balaban J connectivity index is 2.33. The molecule has 2 rings (SSSR count). The largest absolute Gasteiger partial charge is 0.482 e. The van der Waals surface area contributed by atoms with Crippen LogP contribution in [0.25, 0.3) is 0 Å². The number of para-hydroxylation sites is 1. The molecule has 0 bridgehead atoms. The number of carbonyl (C=O) groups is 2. The molecule has 0 fully saturated rings. The first-order valence-corrected chi connectivity index (χ1v) is 6.38. The van der Waals surface area contributed by atoms with Crippen LogP contribution < -0.4 is 4.74 Å². The van der Waals surface area contributed by atoms with Crippen LogP contribution in [0.5, 0.6) is 5.75 Å². The van der Waals surface area contributed by atoms with Gasteiger partial charge in [-0.25, -0.2) is 4.79 Å². The van der Waals surface area contributed by atoms with Crippen LogP contribution >= 0.6 is 0 Å². The van der Waals surface area contributed by atoms with Crippen LogP contribution in [0.1, 0.15) is 10.4 Å². The summed E-state index contributed by atoms with van der Waals surface area (Å²) in [7, 11) is 2.73. The van der Waals surface area contributed by atoms with Crippen LogP contribution in [-0.2, 0) is 14.3 Å². The second-order valence-corrected chi connectivity index (χ2v) is 4.45. The maximum atomic E-state index is 11.7. The van der Waals surface area contributed by atoms with Crippen molar-refractivity contribution in [2.75, 3.05) is 14.2 Å². The van der Waals surface area contributed by atoms with Crippen LogP contribution in [0.4, 0.5) is 0 Å². The molecule has 0 saturated carbocycles. The van der Waals surface area contributed by atoms with E-state index in [1.807, 2.05) is 0 Å². The van der Waals surface area contributed by atoms with Crippen molar-refractivity contribution >= 4 is 12.3 Å². The number of carbonyl (C=O) groups excluding carboxylic acids is 2. The fourth-order valence-electron chi connectivity index (χ4n) is 2.07. The summed E-state index contributed by atoms with van der Waals surface area (Å²) in [6, 6.07) is 6.68. The van der Waals surface area contributed by atoms with Crippen molar-refractivity contribution in [1.29, 1.82) is 0 Å². The Hall–Kier alpha value is -2.40. The molecule has 1 aliphatic rings. The average Bonchev–Trinajstić information content (AvgIpc) is 2.55. The molecule has 5 nitrogen and oxygen atoms in total. The summed E-state index contributed by atoms with van der Waals surface area (Å²) in [5.74, 6) is -0.173. The first kappa shape index (κ1) is 15.0. The molecule has 0 heterocycles. The van der Waals surface area contributed by atoms with Crippen LogP contribution in [0, 0.1) is 0 Å². The third-order valence-electron chi connectivity index (χ3n) is 3.28. The maximum absolute atomic E-state index is 11.7. The van der Waals surface area contributed by atoms with Gasteiger partial charge in [-0.2, -0.15) is 0 Å². The summed E-state index contributed by atoms with van der Waals surface area (Å²) in [5, 5.41) is 0. The van der Waals surface area contributed by atoms with E-state index in [1.165, 1.54) is 14.2 Å². The third-order valence-corrected chi connectivity index (χ3v) is 3.28. The van der Waals surface area contributed by atoms with E-state index in [0.717, 1.165) is 0 Å². The lowest BCUT2D eigenvalue weighted by Crippen LogP contribution is -2.47. The topological polar surface area (TPSA) is 61.8 Å². The number of hydrogen-bond acceptors (Lipinski definition) is 5. The van der Waals surface area contributed by atoms with Gasteiger partial charge >= 0.3 is 5.97 Å². The summed E-state index contributed by atoms with van der Waals surface area (Å²) in [5.41, 5.74) is -0.920. The number of esters is 1. The molecule has 0 aliphatic heterocycles. The van der Waals surface area contributed by atoms with E-state index in [1.54, 1.807) is 48.6 Å². The van der Waals surface area contributed by atoms with Gasteiger partial charge in [-0.15, -0.1) is 0 Å². The Morgan fingerprint density at radius 2 is 2.00 bits per heavy atom. The van der Waals surface area contributed by atoms with Crippen molar-refractivity contribution in [3.05, 3.63) is 54.1 Å². The molecular weight excluding hydrogens is 272 g/mol. The summed E-state index contributed by atoms with van der Waals surface area (Å²) in [4.78, 5) is 23.1. The lowest BCUT2D eigenvalue weighted by atomic mass is 9.93. The Morgan fingerprint density at radius 1 is 1.24 bits per heavy atom. The predicted molar refractivity (Wildman–Crippen MR) is 76.3 cm³/mol. The number of hydrogen-bond donors (Lipinski definition) is 0. The molecule has 5 heteroatoms. The Morgan fingerprint density at radius 3 is 2.67 bits per heavy atom. The van der Waals surface area contributed by atoms with Crippen LogP contribution in [0.3, 0.4) is 0 Å². The first-order chi connectivity index (χ1) is 10.2. The number of benzene rings is 1. The summed E-state index contributed by atoms with van der Waals surface area (Å²) in [6.07, 6.45) is 6.79. The Bertz CT molecular complexity index is 590. The van der Waals surface area contributed by atoms with Gasteiger partial charge in [0.1, 0.15) is 11.3 Å². The number of rotatable bonds is 5. The lowest BCUT2D eigenvalue weighted by molar-refractivity contribution is -0.129. The van der Waals surface area contributed by atoms with E-state index in [-0.39, 0.29) is 0 Å². The highest BCUT2D eigenvalue weighted by molar-refractivity contribution is 5.92. The summed E-state index contributed by atoms with van der Waals surface area (Å²) in [6.45, 7) is 0. The van der Waals surface area contributed by atoms with Crippen molar-refractivity contribution in [1.82, 2.24) is 0 Å². The maximum Gasteiger partial charge on any atom is 0.341 e. The molecule has 0 aromatic heterocycles. The second-order valence-electron chi connectivity index (χ2n) is 4.45. The molecule has 0 N–H and O–H groups in total. The van der Waals surface area contributed by atoms with E-state index in [4.69, 9.17) is 14.2 Å². The van der Waals surface area contributed by atoms with Gasteiger partial charge < -0.3 is 14.2 Å². The highest BCUT2D eigenvalue weighted by Crippen LogP contribution is 2.28. The minimum atomic E-state index is -1.21. The molecule has 0 saturated heterocycles. The fraction of sp³-hybridized carbons (Fsp3) is 0.250. The Labute approximate surface area is 122 Å². The normalized spacial score (nSPS) is 23.6. The van der Waals surface area contributed by atoms with Gasteiger partial charge in [0.2, 0.25) is 0 Å². The SMILES string of the molecule is COC(=O)c1ccccc1OC1C=CC=CC1(C=O)OC. The average molecular weight is 288 g/mol. The molecule has 1 aliphatic carbocycles. The van der Waals surface area contributed by atoms with Gasteiger partial charge in [0.15, 0.2) is 18.0 Å². The van der Waals surface area contributed by atoms with E-state index in [9.17, 15) is 9.59 Å². The smallest absolute Gasteiger partial charge is 0.341 e. The zero-order valence-corrected chi connectivity index (χ0v) is 11.8. The zero-order chi connectivity index (χ0) is 15.3. The van der Waals surface area contributed by atoms with Gasteiger partial charge in [0.25, 0.3) is 0 Å². The van der Waals surface area contributed by atoms with Gasteiger partial charge in [0.05, 0.1) is 7.11 Å². The molecule has 0 radical (unpaired) electrons. The number of aldehydes is 1. The van der Waals surface area contributed by atoms with Crippen molar-refractivity contribution < 1.29 is 23.8 Å². The minimum Gasteiger partial charge on any atom is -0.482 e. The highest BCUT2D eigenvalue weighted by atomic mass is 16.6. The lowest BCUT2D eigenvalue weighted by Gasteiger charge is -2.32.